The molecular formula is C13H26N2O2. The molecule has 100 valence electrons. The molecule has 1 fully saturated rings. The van der Waals surface area contributed by atoms with E-state index in [2.05, 4.69) is 17.6 Å². The molecule has 0 aromatic heterocycles. The van der Waals surface area contributed by atoms with E-state index in [9.17, 15) is 4.79 Å². The van der Waals surface area contributed by atoms with Crippen LogP contribution in [-0.2, 0) is 4.74 Å². The largest absolute Gasteiger partial charge is 0.444 e. The summed E-state index contributed by atoms with van der Waals surface area (Å²) in [5.74, 6) is 0.544. The summed E-state index contributed by atoms with van der Waals surface area (Å²) in [6, 6.07) is 0.219. The Kier molecular flexibility index (Phi) is 5.25. The number of rotatable bonds is 4. The Bertz CT molecular complexity index is 248. The van der Waals surface area contributed by atoms with Gasteiger partial charge in [-0.05, 0) is 33.1 Å². The van der Waals surface area contributed by atoms with E-state index >= 15 is 0 Å². The van der Waals surface area contributed by atoms with Crippen LogP contribution in [0.4, 0.5) is 4.79 Å². The van der Waals surface area contributed by atoms with Gasteiger partial charge in [0, 0.05) is 19.1 Å². The average Bonchev–Trinajstić information content (AvgIpc) is 2.59. The predicted molar refractivity (Wildman–Crippen MR) is 69.0 cm³/mol. The van der Waals surface area contributed by atoms with Crippen LogP contribution in [0.2, 0.25) is 0 Å². The normalized spacial score (nSPS) is 24.7. The van der Waals surface area contributed by atoms with Gasteiger partial charge in [-0.2, -0.15) is 0 Å². The molecule has 2 atom stereocenters. The molecule has 0 unspecified atom stereocenters. The van der Waals surface area contributed by atoms with Crippen molar-refractivity contribution in [1.82, 2.24) is 10.6 Å². The van der Waals surface area contributed by atoms with Gasteiger partial charge in [0.25, 0.3) is 0 Å². The zero-order valence-corrected chi connectivity index (χ0v) is 11.5. The van der Waals surface area contributed by atoms with Crippen molar-refractivity contribution in [2.24, 2.45) is 5.92 Å². The highest BCUT2D eigenvalue weighted by Crippen LogP contribution is 2.17. The van der Waals surface area contributed by atoms with Gasteiger partial charge in [0.2, 0.25) is 0 Å². The molecular weight excluding hydrogens is 216 g/mol. The molecule has 17 heavy (non-hydrogen) atoms. The lowest BCUT2D eigenvalue weighted by Crippen LogP contribution is -2.43. The molecule has 0 aromatic carbocycles. The highest BCUT2D eigenvalue weighted by atomic mass is 16.6. The maximum absolute atomic E-state index is 11.7. The maximum atomic E-state index is 11.7. The van der Waals surface area contributed by atoms with Crippen LogP contribution in [0, 0.1) is 5.92 Å². The Hall–Kier alpha value is -0.770. The fourth-order valence-corrected chi connectivity index (χ4v) is 2.13. The number of carbonyl (C=O) groups is 1. The van der Waals surface area contributed by atoms with Crippen LogP contribution in [0.25, 0.3) is 0 Å². The van der Waals surface area contributed by atoms with Crippen molar-refractivity contribution in [2.45, 2.75) is 58.6 Å². The number of ether oxygens (including phenoxy) is 1. The summed E-state index contributed by atoms with van der Waals surface area (Å²) in [6.07, 6.45) is 3.30. The molecule has 1 aliphatic heterocycles. The molecule has 1 amide bonds. The van der Waals surface area contributed by atoms with Crippen molar-refractivity contribution in [3.05, 3.63) is 0 Å². The maximum Gasteiger partial charge on any atom is 0.407 e. The number of amides is 1. The number of unbranched alkanes of at least 4 members (excludes halogenated alkanes) is 1. The van der Waals surface area contributed by atoms with Crippen LogP contribution >= 0.6 is 0 Å². The molecule has 1 rings (SSSR count). The third-order valence-electron chi connectivity index (χ3n) is 2.97. The molecule has 4 nitrogen and oxygen atoms in total. The van der Waals surface area contributed by atoms with E-state index in [1.54, 1.807) is 0 Å². The Balaban J connectivity index is 2.36. The number of alkyl carbamates (subject to hydrolysis) is 1. The van der Waals surface area contributed by atoms with Gasteiger partial charge in [-0.15, -0.1) is 0 Å². The zero-order valence-electron chi connectivity index (χ0n) is 11.5. The highest BCUT2D eigenvalue weighted by molar-refractivity contribution is 5.68. The number of hydrogen-bond donors (Lipinski definition) is 2. The lowest BCUT2D eigenvalue weighted by atomic mass is 9.97. The minimum absolute atomic E-state index is 0.219. The van der Waals surface area contributed by atoms with E-state index < -0.39 is 5.60 Å². The van der Waals surface area contributed by atoms with Gasteiger partial charge >= 0.3 is 6.09 Å². The van der Waals surface area contributed by atoms with E-state index in [0.29, 0.717) is 5.92 Å². The summed E-state index contributed by atoms with van der Waals surface area (Å²) in [4.78, 5) is 11.7. The Labute approximate surface area is 104 Å². The first-order chi connectivity index (χ1) is 7.92. The molecule has 4 heteroatoms. The van der Waals surface area contributed by atoms with Gasteiger partial charge < -0.3 is 15.4 Å². The quantitative estimate of drug-likeness (QED) is 0.795. The standard InChI is InChI=1S/C13H26N2O2/c1-5-6-7-10-8-14-9-11(10)15-12(16)17-13(2,3)4/h10-11,14H,5-9H2,1-4H3,(H,15,16)/t10-,11-/m0/s1. The second kappa shape index (κ2) is 6.24. The monoisotopic (exact) mass is 242 g/mol. The van der Waals surface area contributed by atoms with Crippen molar-refractivity contribution in [1.29, 1.82) is 0 Å². The Morgan fingerprint density at radius 3 is 2.71 bits per heavy atom. The zero-order chi connectivity index (χ0) is 12.9. The van der Waals surface area contributed by atoms with Crippen molar-refractivity contribution < 1.29 is 9.53 Å². The van der Waals surface area contributed by atoms with E-state index in [-0.39, 0.29) is 12.1 Å². The average molecular weight is 242 g/mol. The lowest BCUT2D eigenvalue weighted by Gasteiger charge is -2.24. The first-order valence-electron chi connectivity index (χ1n) is 6.62. The van der Waals surface area contributed by atoms with E-state index in [0.717, 1.165) is 13.1 Å². The molecule has 0 radical (unpaired) electrons. The third-order valence-corrected chi connectivity index (χ3v) is 2.97. The summed E-state index contributed by atoms with van der Waals surface area (Å²) in [7, 11) is 0. The van der Waals surface area contributed by atoms with Crippen molar-refractivity contribution in [3.8, 4) is 0 Å². The second-order valence-electron chi connectivity index (χ2n) is 5.81. The van der Waals surface area contributed by atoms with Crippen LogP contribution in [0.15, 0.2) is 0 Å². The Morgan fingerprint density at radius 1 is 1.41 bits per heavy atom. The highest BCUT2D eigenvalue weighted by Gasteiger charge is 2.29. The summed E-state index contributed by atoms with van der Waals surface area (Å²) >= 11 is 0. The van der Waals surface area contributed by atoms with E-state index in [1.807, 2.05) is 20.8 Å². The first-order valence-corrected chi connectivity index (χ1v) is 6.62. The minimum atomic E-state index is -0.422. The molecule has 0 aromatic rings. The minimum Gasteiger partial charge on any atom is -0.444 e. The van der Waals surface area contributed by atoms with Crippen molar-refractivity contribution in [3.63, 3.8) is 0 Å². The smallest absolute Gasteiger partial charge is 0.407 e. The summed E-state index contributed by atoms with van der Waals surface area (Å²) in [6.45, 7) is 9.70. The van der Waals surface area contributed by atoms with Gasteiger partial charge in [-0.25, -0.2) is 4.79 Å². The van der Waals surface area contributed by atoms with E-state index in [1.165, 1.54) is 19.3 Å². The van der Waals surface area contributed by atoms with Gasteiger partial charge in [-0.3, -0.25) is 0 Å². The first kappa shape index (κ1) is 14.3. The molecule has 2 N–H and O–H groups in total. The van der Waals surface area contributed by atoms with Crippen LogP contribution in [0.1, 0.15) is 47.0 Å². The number of carbonyl (C=O) groups excluding carboxylic acids is 1. The summed E-state index contributed by atoms with van der Waals surface area (Å²) < 4.78 is 5.27. The van der Waals surface area contributed by atoms with Gasteiger partial charge in [0.1, 0.15) is 5.60 Å². The number of nitrogens with one attached hydrogen (secondary N) is 2. The third kappa shape index (κ3) is 5.39. The molecule has 1 heterocycles. The van der Waals surface area contributed by atoms with Crippen LogP contribution in [0.3, 0.4) is 0 Å². The molecule has 0 spiro atoms. The topological polar surface area (TPSA) is 50.4 Å². The SMILES string of the molecule is CCCC[C@H]1CNC[C@@H]1NC(=O)OC(C)(C)C. The second-order valence-corrected chi connectivity index (χ2v) is 5.81. The molecule has 0 saturated carbocycles. The summed E-state index contributed by atoms with van der Waals surface area (Å²) in [5.41, 5.74) is -0.422. The van der Waals surface area contributed by atoms with E-state index in [4.69, 9.17) is 4.74 Å². The predicted octanol–water partition coefficient (Wildman–Crippen LogP) is 2.29. The van der Waals surface area contributed by atoms with Crippen molar-refractivity contribution >= 4 is 6.09 Å². The summed E-state index contributed by atoms with van der Waals surface area (Å²) in [5, 5.41) is 6.30. The van der Waals surface area contributed by atoms with Crippen molar-refractivity contribution in [2.75, 3.05) is 13.1 Å². The van der Waals surface area contributed by atoms with Crippen LogP contribution in [0.5, 0.6) is 0 Å². The number of hydrogen-bond acceptors (Lipinski definition) is 3. The van der Waals surface area contributed by atoms with Crippen LogP contribution in [-0.4, -0.2) is 30.8 Å². The lowest BCUT2D eigenvalue weighted by molar-refractivity contribution is 0.0496. The van der Waals surface area contributed by atoms with Gasteiger partial charge in [0.15, 0.2) is 0 Å². The van der Waals surface area contributed by atoms with Gasteiger partial charge in [-0.1, -0.05) is 19.8 Å². The molecule has 0 bridgehead atoms. The molecule has 1 saturated heterocycles. The molecule has 0 aliphatic carbocycles. The fraction of sp³-hybridized carbons (Fsp3) is 0.923. The van der Waals surface area contributed by atoms with Gasteiger partial charge in [0.05, 0.1) is 0 Å². The fourth-order valence-electron chi connectivity index (χ4n) is 2.13. The Morgan fingerprint density at radius 2 is 2.12 bits per heavy atom. The molecule has 1 aliphatic rings. The van der Waals surface area contributed by atoms with Crippen LogP contribution < -0.4 is 10.6 Å².